The number of hydrogen-bond acceptors (Lipinski definition) is 5. The lowest BCUT2D eigenvalue weighted by Crippen LogP contribution is -2.44. The fraction of sp³-hybridized carbons (Fsp3) is 1.00. The molecule has 0 amide bonds. The summed E-state index contributed by atoms with van der Waals surface area (Å²) in [7, 11) is 0. The maximum absolute atomic E-state index is 5.63. The van der Waals surface area contributed by atoms with Crippen molar-refractivity contribution in [3.63, 3.8) is 0 Å². The Morgan fingerprint density at radius 1 is 1.27 bits per heavy atom. The highest BCUT2D eigenvalue weighted by Gasteiger charge is 2.04. The molecule has 0 radical (unpaired) electrons. The summed E-state index contributed by atoms with van der Waals surface area (Å²) < 4.78 is 0. The molecule has 5 heteroatoms. The first-order valence-electron chi connectivity index (χ1n) is 3.65. The summed E-state index contributed by atoms with van der Waals surface area (Å²) in [6.45, 7) is 1.36. The minimum absolute atomic E-state index is 0.104. The molecule has 68 valence electrons. The minimum Gasteiger partial charge on any atom is -0.329 e. The van der Waals surface area contributed by atoms with Crippen molar-refractivity contribution in [3.8, 4) is 0 Å². The molecule has 0 heterocycles. The van der Waals surface area contributed by atoms with E-state index in [-0.39, 0.29) is 12.1 Å². The Morgan fingerprint density at radius 3 is 2.27 bits per heavy atom. The Labute approximate surface area is 79.1 Å². The van der Waals surface area contributed by atoms with Crippen LogP contribution in [-0.4, -0.2) is 36.7 Å². The molecule has 0 aliphatic heterocycles. The van der Waals surface area contributed by atoms with Gasteiger partial charge >= 0.3 is 0 Å². The Balaban J connectivity index is 3.34. The van der Waals surface area contributed by atoms with E-state index < -0.39 is 0 Å². The predicted molar refractivity (Wildman–Crippen MR) is 56.5 cm³/mol. The summed E-state index contributed by atoms with van der Waals surface area (Å²) in [4.78, 5) is 0. The van der Waals surface area contributed by atoms with Crippen LogP contribution in [0.15, 0.2) is 0 Å². The molecule has 0 aromatic rings. The molecule has 0 saturated heterocycles. The molecule has 3 nitrogen and oxygen atoms in total. The maximum Gasteiger partial charge on any atom is 0.0278 e. The number of nitrogens with one attached hydrogen (secondary N) is 1. The van der Waals surface area contributed by atoms with Gasteiger partial charge in [0, 0.05) is 36.7 Å². The number of nitrogens with two attached hydrogens (primary N) is 2. The third-order valence-electron chi connectivity index (χ3n) is 1.41. The third kappa shape index (κ3) is 5.81. The van der Waals surface area contributed by atoms with Gasteiger partial charge < -0.3 is 16.8 Å². The third-order valence-corrected chi connectivity index (χ3v) is 2.32. The monoisotopic (exact) mass is 195 g/mol. The van der Waals surface area contributed by atoms with Gasteiger partial charge in [-0.3, -0.25) is 0 Å². The van der Waals surface area contributed by atoms with Crippen LogP contribution in [0.3, 0.4) is 0 Å². The predicted octanol–water partition coefficient (Wildman–Crippen LogP) is -0.910. The Kier molecular flexibility index (Phi) is 7.62. The number of hydrogen-bond donors (Lipinski definition) is 5. The quantitative estimate of drug-likeness (QED) is 0.357. The van der Waals surface area contributed by atoms with Gasteiger partial charge in [0.15, 0.2) is 0 Å². The van der Waals surface area contributed by atoms with Crippen molar-refractivity contribution in [1.82, 2.24) is 5.32 Å². The van der Waals surface area contributed by atoms with Crippen molar-refractivity contribution < 1.29 is 0 Å². The lowest BCUT2D eigenvalue weighted by molar-refractivity contribution is 0.532. The molecular formula is C6H17N3S2. The van der Waals surface area contributed by atoms with Crippen LogP contribution < -0.4 is 16.8 Å². The van der Waals surface area contributed by atoms with Gasteiger partial charge in [-0.05, 0) is 0 Å². The van der Waals surface area contributed by atoms with Crippen LogP contribution in [0.1, 0.15) is 0 Å². The zero-order valence-electron chi connectivity index (χ0n) is 6.53. The summed E-state index contributed by atoms with van der Waals surface area (Å²) in [6, 6.07) is 0.372. The molecule has 0 bridgehead atoms. The summed E-state index contributed by atoms with van der Waals surface area (Å²) >= 11 is 8.19. The highest BCUT2D eigenvalue weighted by atomic mass is 32.1. The molecule has 0 aliphatic carbocycles. The van der Waals surface area contributed by atoms with Crippen molar-refractivity contribution in [2.75, 3.05) is 24.6 Å². The van der Waals surface area contributed by atoms with E-state index in [4.69, 9.17) is 11.5 Å². The molecule has 11 heavy (non-hydrogen) atoms. The molecule has 2 atom stereocenters. The van der Waals surface area contributed by atoms with Gasteiger partial charge in [-0.15, -0.1) is 0 Å². The lowest BCUT2D eigenvalue weighted by Gasteiger charge is -2.16. The first-order valence-corrected chi connectivity index (χ1v) is 4.91. The molecule has 0 rings (SSSR count). The van der Waals surface area contributed by atoms with Crippen molar-refractivity contribution in [2.24, 2.45) is 11.5 Å². The minimum atomic E-state index is 0.104. The van der Waals surface area contributed by atoms with Crippen LogP contribution in [0.2, 0.25) is 0 Å². The standard InChI is InChI=1S/C6H17N3S2/c7-1-6(4-11)9-2-5(8)3-10/h5-6,9-11H,1-4,7-8H2/t5?,6-/m1/s1. The van der Waals surface area contributed by atoms with Crippen LogP contribution in [0.5, 0.6) is 0 Å². The molecule has 0 aromatic heterocycles. The second kappa shape index (κ2) is 7.24. The average Bonchev–Trinajstić information content (AvgIpc) is 2.06. The fourth-order valence-electron chi connectivity index (χ4n) is 0.605. The molecule has 0 aromatic carbocycles. The van der Waals surface area contributed by atoms with Gasteiger partial charge in [0.1, 0.15) is 0 Å². The molecule has 1 unspecified atom stereocenters. The van der Waals surface area contributed by atoms with Crippen molar-refractivity contribution >= 4 is 25.3 Å². The first-order chi connectivity index (χ1) is 5.24. The molecule has 0 spiro atoms. The Bertz CT molecular complexity index is 87.9. The van der Waals surface area contributed by atoms with E-state index >= 15 is 0 Å². The van der Waals surface area contributed by atoms with Crippen LogP contribution in [0.4, 0.5) is 0 Å². The Hall–Kier alpha value is 0.580. The molecule has 0 saturated carbocycles. The van der Waals surface area contributed by atoms with Crippen molar-refractivity contribution in [1.29, 1.82) is 0 Å². The number of thiol groups is 2. The zero-order valence-corrected chi connectivity index (χ0v) is 8.32. The number of rotatable bonds is 6. The second-order valence-corrected chi connectivity index (χ2v) is 3.20. The summed E-state index contributed by atoms with van der Waals surface area (Å²) in [5.74, 6) is 1.44. The molecular weight excluding hydrogens is 178 g/mol. The van der Waals surface area contributed by atoms with E-state index in [9.17, 15) is 0 Å². The van der Waals surface area contributed by atoms with E-state index in [0.29, 0.717) is 12.3 Å². The summed E-state index contributed by atoms with van der Waals surface area (Å²) in [5.41, 5.74) is 11.1. The van der Waals surface area contributed by atoms with Crippen LogP contribution in [0.25, 0.3) is 0 Å². The lowest BCUT2D eigenvalue weighted by atomic mass is 10.3. The van der Waals surface area contributed by atoms with Crippen LogP contribution in [0, 0.1) is 0 Å². The van der Waals surface area contributed by atoms with Gasteiger partial charge in [-0.2, -0.15) is 25.3 Å². The fourth-order valence-corrected chi connectivity index (χ4v) is 1.01. The van der Waals surface area contributed by atoms with Crippen LogP contribution >= 0.6 is 25.3 Å². The van der Waals surface area contributed by atoms with E-state index in [1.807, 2.05) is 0 Å². The van der Waals surface area contributed by atoms with Gasteiger partial charge in [-0.1, -0.05) is 0 Å². The highest BCUT2D eigenvalue weighted by Crippen LogP contribution is 1.86. The van der Waals surface area contributed by atoms with E-state index in [1.54, 1.807) is 0 Å². The van der Waals surface area contributed by atoms with E-state index in [2.05, 4.69) is 30.6 Å². The normalized spacial score (nSPS) is 16.4. The smallest absolute Gasteiger partial charge is 0.0278 e. The SMILES string of the molecule is NC[C@H](CS)NCC(N)CS. The average molecular weight is 195 g/mol. The van der Waals surface area contributed by atoms with Crippen molar-refractivity contribution in [3.05, 3.63) is 0 Å². The largest absolute Gasteiger partial charge is 0.329 e. The Morgan fingerprint density at radius 2 is 1.91 bits per heavy atom. The van der Waals surface area contributed by atoms with Gasteiger partial charge in [0.25, 0.3) is 0 Å². The summed E-state index contributed by atoms with van der Waals surface area (Å²) in [5, 5.41) is 3.19. The van der Waals surface area contributed by atoms with Gasteiger partial charge in [0.05, 0.1) is 0 Å². The van der Waals surface area contributed by atoms with Gasteiger partial charge in [0.2, 0.25) is 0 Å². The van der Waals surface area contributed by atoms with E-state index in [1.165, 1.54) is 0 Å². The van der Waals surface area contributed by atoms with Gasteiger partial charge in [-0.25, -0.2) is 0 Å². The molecule has 0 fully saturated rings. The van der Waals surface area contributed by atoms with Crippen LogP contribution in [-0.2, 0) is 0 Å². The zero-order chi connectivity index (χ0) is 8.69. The summed E-state index contributed by atoms with van der Waals surface area (Å²) in [6.07, 6.45) is 0. The van der Waals surface area contributed by atoms with Crippen molar-refractivity contribution in [2.45, 2.75) is 12.1 Å². The van der Waals surface area contributed by atoms with E-state index in [0.717, 1.165) is 12.3 Å². The maximum atomic E-state index is 5.63. The first kappa shape index (κ1) is 11.6. The molecule has 0 aliphatic rings. The topological polar surface area (TPSA) is 64.1 Å². The highest BCUT2D eigenvalue weighted by molar-refractivity contribution is 7.80. The second-order valence-electron chi connectivity index (χ2n) is 2.47. The molecule has 5 N–H and O–H groups in total.